The highest BCUT2D eigenvalue weighted by molar-refractivity contribution is 6.12. The molecule has 0 atom stereocenters. The Morgan fingerprint density at radius 2 is 0.857 bits per heavy atom. The van der Waals surface area contributed by atoms with E-state index in [-0.39, 0.29) is 11.4 Å². The van der Waals surface area contributed by atoms with Gasteiger partial charge in [-0.3, -0.25) is 9.13 Å². The fourth-order valence-electron chi connectivity index (χ4n) is 7.97. The van der Waals surface area contributed by atoms with E-state index in [4.69, 9.17) is 38.6 Å². The molecule has 0 amide bonds. The molecule has 6 nitrogen and oxygen atoms in total. The number of para-hydroxylation sites is 4. The Morgan fingerprint density at radius 1 is 0.365 bits per heavy atom. The van der Waals surface area contributed by atoms with Crippen LogP contribution in [0.15, 0.2) is 216 Å². The molecule has 0 aliphatic rings. The standard InChI is InChI=1S/C57H35N5O/c1-3-16-36(17-4-1)38-30-32-43-41-21-9-12-27-49(41)61(51(43)34-38)56-58-55(48-24-8-7-20-40(48)46-25-15-26-47-45-23-11-14-29-53(45)63-54(46)47)59-57(60-56)62-50-28-13-10-22-42(50)44-33-31-39(35-52(44)62)37-18-5-2-6-19-37/h1-35H/i1D,2D,3D,4D,5D,6D,9D,10D,12D,13D,16D,17D,18D,19D,21D,22D,27D,28D,30D,31D,32D,33D,34D,35D. The molecule has 9 aromatic carbocycles. The molecule has 0 fully saturated rings. The molecule has 63 heavy (non-hydrogen) atoms. The van der Waals surface area contributed by atoms with E-state index in [1.165, 1.54) is 0 Å². The van der Waals surface area contributed by atoms with Gasteiger partial charge >= 0.3 is 0 Å². The fraction of sp³-hybridized carbons (Fsp3) is 0. The van der Waals surface area contributed by atoms with Crippen LogP contribution >= 0.6 is 0 Å². The van der Waals surface area contributed by atoms with Crippen molar-refractivity contribution in [3.63, 3.8) is 0 Å². The largest absolute Gasteiger partial charge is 0.455 e. The van der Waals surface area contributed by atoms with Crippen molar-refractivity contribution in [1.29, 1.82) is 0 Å². The van der Waals surface area contributed by atoms with Gasteiger partial charge in [-0.2, -0.15) is 15.0 Å². The van der Waals surface area contributed by atoms with Crippen molar-refractivity contribution >= 4 is 65.6 Å². The number of aromatic nitrogens is 5. The molecular formula is C57H35N5O. The third-order valence-electron chi connectivity index (χ3n) is 10.7. The number of rotatable bonds is 6. The van der Waals surface area contributed by atoms with Gasteiger partial charge in [0.05, 0.1) is 55.0 Å². The van der Waals surface area contributed by atoms with Gasteiger partial charge < -0.3 is 4.42 Å². The van der Waals surface area contributed by atoms with E-state index in [0.717, 1.165) is 14.5 Å². The van der Waals surface area contributed by atoms with E-state index in [0.29, 0.717) is 27.7 Å². The predicted molar refractivity (Wildman–Crippen MR) is 258 cm³/mol. The van der Waals surface area contributed by atoms with E-state index in [1.54, 1.807) is 48.5 Å². The van der Waals surface area contributed by atoms with Gasteiger partial charge in [-0.1, -0.05) is 182 Å². The second-order valence-corrected chi connectivity index (χ2v) is 14.2. The highest BCUT2D eigenvalue weighted by Crippen LogP contribution is 2.41. The van der Waals surface area contributed by atoms with Crippen LogP contribution in [0.2, 0.25) is 0 Å². The van der Waals surface area contributed by atoms with Crippen LogP contribution in [0.4, 0.5) is 0 Å². The summed E-state index contributed by atoms with van der Waals surface area (Å²) in [6.07, 6.45) is 0. The van der Waals surface area contributed by atoms with Crippen LogP contribution < -0.4 is 0 Å². The van der Waals surface area contributed by atoms with Gasteiger partial charge in [0.25, 0.3) is 0 Å². The summed E-state index contributed by atoms with van der Waals surface area (Å²) in [5.41, 5.74) is -3.05. The third kappa shape index (κ3) is 5.55. The second kappa shape index (κ2) is 14.0. The molecule has 13 rings (SSSR count). The summed E-state index contributed by atoms with van der Waals surface area (Å²) >= 11 is 0. The van der Waals surface area contributed by atoms with Crippen LogP contribution in [0.1, 0.15) is 32.9 Å². The van der Waals surface area contributed by atoms with Gasteiger partial charge in [-0.15, -0.1) is 0 Å². The molecule has 4 aromatic heterocycles. The molecule has 0 radical (unpaired) electrons. The maximum atomic E-state index is 10.0. The van der Waals surface area contributed by atoms with E-state index in [9.17, 15) is 13.7 Å². The summed E-state index contributed by atoms with van der Waals surface area (Å²) in [4.78, 5) is 14.9. The first-order valence-corrected chi connectivity index (χ1v) is 19.2. The fourth-order valence-corrected chi connectivity index (χ4v) is 7.97. The summed E-state index contributed by atoms with van der Waals surface area (Å²) in [7, 11) is 0. The minimum absolute atomic E-state index is 0.141. The first-order chi connectivity index (χ1) is 41.2. The summed E-state index contributed by atoms with van der Waals surface area (Å²) in [5, 5.41) is -0.409. The molecule has 0 aliphatic heterocycles. The number of hydrogen-bond acceptors (Lipinski definition) is 4. The van der Waals surface area contributed by atoms with Crippen LogP contribution in [-0.2, 0) is 0 Å². The van der Waals surface area contributed by atoms with E-state index < -0.39 is 223 Å². The average Bonchev–Trinajstić information content (AvgIpc) is 1.58. The lowest BCUT2D eigenvalue weighted by Crippen LogP contribution is -2.10. The molecular weight excluding hydrogens is 771 g/mol. The van der Waals surface area contributed by atoms with E-state index in [2.05, 4.69) is 0 Å². The van der Waals surface area contributed by atoms with Crippen molar-refractivity contribution < 1.29 is 37.3 Å². The Kier molecular flexibility index (Phi) is 4.21. The Labute approximate surface area is 395 Å². The SMILES string of the molecule is [2H]c1c([2H])c([2H])c(-c2c([2H])c([2H])c3c4c([2H])c([2H])c([2H])c([2H])c4n(-c4nc(-c5ccccc5-c5cccc6c5oc5ccccc56)nc(-n5c6c([2H])c([2H])c([2H])c([2H])c6c6c([2H])c([2H])c(-c7c([2H])c([2H])c([2H])c([2H])c7[2H])c([2H])c65)n4)c3c2[2H])c([2H])c1[2H]. The van der Waals surface area contributed by atoms with Crippen molar-refractivity contribution in [2.75, 3.05) is 0 Å². The second-order valence-electron chi connectivity index (χ2n) is 14.2. The predicted octanol–water partition coefficient (Wildman–Crippen LogP) is 14.6. The molecule has 0 saturated heterocycles. The zero-order valence-corrected chi connectivity index (χ0v) is 32.0. The van der Waals surface area contributed by atoms with Crippen molar-refractivity contribution in [2.45, 2.75) is 0 Å². The molecule has 4 heterocycles. The van der Waals surface area contributed by atoms with Crippen LogP contribution in [-0.4, -0.2) is 24.1 Å². The highest BCUT2D eigenvalue weighted by atomic mass is 16.3. The molecule has 0 bridgehead atoms. The average molecular weight is 830 g/mol. The van der Waals surface area contributed by atoms with Crippen LogP contribution in [0.5, 0.6) is 0 Å². The normalized spacial score (nSPS) is 17.1. The molecule has 0 saturated carbocycles. The van der Waals surface area contributed by atoms with Crippen LogP contribution in [0.3, 0.4) is 0 Å². The molecule has 0 N–H and O–H groups in total. The molecule has 0 spiro atoms. The number of fused-ring (bicyclic) bond motifs is 9. The van der Waals surface area contributed by atoms with Gasteiger partial charge in [0.1, 0.15) is 11.2 Å². The minimum Gasteiger partial charge on any atom is -0.455 e. The monoisotopic (exact) mass is 829 g/mol. The van der Waals surface area contributed by atoms with E-state index >= 15 is 0 Å². The molecule has 6 heteroatoms. The van der Waals surface area contributed by atoms with Crippen LogP contribution in [0.25, 0.3) is 122 Å². The molecule has 13 aromatic rings. The number of benzene rings is 9. The number of nitrogens with zero attached hydrogens (tertiary/aromatic N) is 5. The summed E-state index contributed by atoms with van der Waals surface area (Å²) in [5.74, 6) is -1.76. The third-order valence-corrected chi connectivity index (χ3v) is 10.7. The lowest BCUT2D eigenvalue weighted by Gasteiger charge is -2.15. The Morgan fingerprint density at radius 3 is 1.48 bits per heavy atom. The lowest BCUT2D eigenvalue weighted by atomic mass is 9.97. The Hall–Kier alpha value is -8.61. The first kappa shape index (κ1) is 19.0. The molecule has 0 aliphatic carbocycles. The zero-order valence-electron chi connectivity index (χ0n) is 56.0. The smallest absolute Gasteiger partial charge is 0.240 e. The molecule has 294 valence electrons. The van der Waals surface area contributed by atoms with Gasteiger partial charge in [-0.25, -0.2) is 0 Å². The highest BCUT2D eigenvalue weighted by Gasteiger charge is 2.23. The topological polar surface area (TPSA) is 61.7 Å². The van der Waals surface area contributed by atoms with Gasteiger partial charge in [0.2, 0.25) is 11.9 Å². The van der Waals surface area contributed by atoms with Gasteiger partial charge in [0.15, 0.2) is 5.82 Å². The summed E-state index contributed by atoms with van der Waals surface area (Å²) in [6, 6.07) is -0.970. The Balaban J connectivity index is 1.27. The van der Waals surface area contributed by atoms with Crippen molar-refractivity contribution in [2.24, 2.45) is 0 Å². The zero-order chi connectivity index (χ0) is 62.3. The Bertz CT molecular complexity index is 5060. The van der Waals surface area contributed by atoms with Gasteiger partial charge in [-0.05, 0) is 58.1 Å². The summed E-state index contributed by atoms with van der Waals surface area (Å²) in [6.45, 7) is 0. The maximum absolute atomic E-state index is 10.0. The van der Waals surface area contributed by atoms with E-state index in [1.807, 2.05) is 18.2 Å². The van der Waals surface area contributed by atoms with Gasteiger partial charge in [0, 0.05) is 43.4 Å². The summed E-state index contributed by atoms with van der Waals surface area (Å²) < 4.78 is 227. The molecule has 0 unspecified atom stereocenters. The van der Waals surface area contributed by atoms with Crippen LogP contribution in [0, 0.1) is 0 Å². The van der Waals surface area contributed by atoms with Crippen molar-refractivity contribution in [3.8, 4) is 56.7 Å². The number of furan rings is 1. The quantitative estimate of drug-likeness (QED) is 0.167. The minimum atomic E-state index is -0.875. The first-order valence-electron chi connectivity index (χ1n) is 31.2. The maximum Gasteiger partial charge on any atom is 0.240 e. The lowest BCUT2D eigenvalue weighted by molar-refractivity contribution is 0.670. The number of hydrogen-bond donors (Lipinski definition) is 0. The van der Waals surface area contributed by atoms with Crippen molar-refractivity contribution in [3.05, 3.63) is 212 Å². The van der Waals surface area contributed by atoms with Crippen molar-refractivity contribution in [1.82, 2.24) is 24.1 Å².